The molecule has 0 aliphatic carbocycles. The van der Waals surface area contributed by atoms with Crippen LogP contribution in [0.15, 0.2) is 53.0 Å². The van der Waals surface area contributed by atoms with Crippen molar-refractivity contribution < 1.29 is 4.79 Å². The minimum atomic E-state index is -0.141. The average molecular weight is 347 g/mol. The molecule has 2 amide bonds. The second kappa shape index (κ2) is 7.84. The molecule has 21 heavy (non-hydrogen) atoms. The molecule has 3 nitrogen and oxygen atoms in total. The van der Waals surface area contributed by atoms with E-state index in [1.165, 1.54) is 11.1 Å². The quantitative estimate of drug-likeness (QED) is 0.849. The van der Waals surface area contributed by atoms with Gasteiger partial charge in [0.25, 0.3) is 0 Å². The number of nitrogens with one attached hydrogen (secondary N) is 2. The summed E-state index contributed by atoms with van der Waals surface area (Å²) < 4.78 is 1.00. The Morgan fingerprint density at radius 1 is 1.05 bits per heavy atom. The van der Waals surface area contributed by atoms with Gasteiger partial charge in [-0.05, 0) is 30.5 Å². The van der Waals surface area contributed by atoms with E-state index in [-0.39, 0.29) is 6.03 Å². The zero-order valence-electron chi connectivity index (χ0n) is 12.0. The fraction of sp³-hybridized carbons (Fsp3) is 0.235. The topological polar surface area (TPSA) is 41.1 Å². The van der Waals surface area contributed by atoms with Crippen molar-refractivity contribution in [2.45, 2.75) is 19.9 Å². The van der Waals surface area contributed by atoms with Crippen LogP contribution in [0, 0.1) is 6.92 Å². The number of benzene rings is 2. The minimum Gasteiger partial charge on any atom is -0.338 e. The lowest BCUT2D eigenvalue weighted by Gasteiger charge is -2.09. The Morgan fingerprint density at radius 3 is 2.48 bits per heavy atom. The maximum absolute atomic E-state index is 11.7. The zero-order chi connectivity index (χ0) is 15.1. The number of hydrogen-bond donors (Lipinski definition) is 2. The zero-order valence-corrected chi connectivity index (χ0v) is 13.6. The maximum Gasteiger partial charge on any atom is 0.315 e. The van der Waals surface area contributed by atoms with Gasteiger partial charge in [-0.15, -0.1) is 0 Å². The van der Waals surface area contributed by atoms with Crippen LogP contribution in [0.25, 0.3) is 0 Å². The molecule has 0 atom stereocenters. The van der Waals surface area contributed by atoms with E-state index in [9.17, 15) is 4.79 Å². The molecular weight excluding hydrogens is 328 g/mol. The fourth-order valence-corrected chi connectivity index (χ4v) is 2.38. The molecule has 0 heterocycles. The van der Waals surface area contributed by atoms with Gasteiger partial charge in [0.2, 0.25) is 0 Å². The number of hydrogen-bond acceptors (Lipinski definition) is 1. The van der Waals surface area contributed by atoms with Crippen LogP contribution in [-0.4, -0.2) is 12.6 Å². The molecule has 2 N–H and O–H groups in total. The van der Waals surface area contributed by atoms with Gasteiger partial charge in [-0.1, -0.05) is 64.0 Å². The molecule has 0 fully saturated rings. The van der Waals surface area contributed by atoms with Crippen LogP contribution in [0.4, 0.5) is 4.79 Å². The molecule has 4 heteroatoms. The summed E-state index contributed by atoms with van der Waals surface area (Å²) in [6.45, 7) is 3.21. The number of aryl methyl sites for hydroxylation is 1. The molecule has 2 rings (SSSR count). The van der Waals surface area contributed by atoms with Crippen molar-refractivity contribution >= 4 is 22.0 Å². The smallest absolute Gasteiger partial charge is 0.315 e. The second-order valence-corrected chi connectivity index (χ2v) is 5.79. The van der Waals surface area contributed by atoms with Crippen molar-refractivity contribution in [2.24, 2.45) is 0 Å². The van der Waals surface area contributed by atoms with Gasteiger partial charge >= 0.3 is 6.03 Å². The molecule has 2 aromatic carbocycles. The molecular formula is C17H19BrN2O. The minimum absolute atomic E-state index is 0.141. The largest absolute Gasteiger partial charge is 0.338 e. The second-order valence-electron chi connectivity index (χ2n) is 4.94. The van der Waals surface area contributed by atoms with Crippen molar-refractivity contribution in [3.8, 4) is 0 Å². The molecule has 0 aromatic heterocycles. The third-order valence-corrected chi connectivity index (χ3v) is 3.99. The van der Waals surface area contributed by atoms with Crippen molar-refractivity contribution in [3.63, 3.8) is 0 Å². The molecule has 110 valence electrons. The number of carbonyl (C=O) groups is 1. The Labute approximate surface area is 133 Å². The third kappa shape index (κ3) is 5.23. The molecule has 0 aliphatic rings. The Balaban J connectivity index is 1.70. The number of urea groups is 1. The van der Waals surface area contributed by atoms with Crippen molar-refractivity contribution in [1.82, 2.24) is 10.6 Å². The molecule has 0 saturated heterocycles. The van der Waals surface area contributed by atoms with Crippen LogP contribution in [0.2, 0.25) is 0 Å². The molecule has 0 aliphatic heterocycles. The maximum atomic E-state index is 11.7. The Bertz CT molecular complexity index is 596. The van der Waals surface area contributed by atoms with Crippen LogP contribution in [0.5, 0.6) is 0 Å². The summed E-state index contributed by atoms with van der Waals surface area (Å²) in [7, 11) is 0. The van der Waals surface area contributed by atoms with Crippen molar-refractivity contribution in [1.29, 1.82) is 0 Å². The monoisotopic (exact) mass is 346 g/mol. The SMILES string of the molecule is Cc1ccc(CCNC(=O)NCc2ccccc2Br)cc1. The van der Waals surface area contributed by atoms with E-state index in [1.807, 2.05) is 24.3 Å². The highest BCUT2D eigenvalue weighted by molar-refractivity contribution is 9.10. The van der Waals surface area contributed by atoms with Crippen LogP contribution in [0.1, 0.15) is 16.7 Å². The van der Waals surface area contributed by atoms with Crippen LogP contribution in [0.3, 0.4) is 0 Å². The lowest BCUT2D eigenvalue weighted by atomic mass is 10.1. The van der Waals surface area contributed by atoms with Gasteiger partial charge in [0.05, 0.1) is 0 Å². The first-order valence-corrected chi connectivity index (χ1v) is 7.75. The molecule has 0 spiro atoms. The predicted molar refractivity (Wildman–Crippen MR) is 89.3 cm³/mol. The van der Waals surface area contributed by atoms with Gasteiger partial charge in [0, 0.05) is 17.6 Å². The van der Waals surface area contributed by atoms with E-state index in [0.717, 1.165) is 16.5 Å². The first-order valence-electron chi connectivity index (χ1n) is 6.96. The van der Waals surface area contributed by atoms with Gasteiger partial charge in [-0.25, -0.2) is 4.79 Å². The van der Waals surface area contributed by atoms with Gasteiger partial charge < -0.3 is 10.6 Å². The van der Waals surface area contributed by atoms with Crippen molar-refractivity contribution in [2.75, 3.05) is 6.54 Å². The van der Waals surface area contributed by atoms with Crippen LogP contribution in [-0.2, 0) is 13.0 Å². The fourth-order valence-electron chi connectivity index (χ4n) is 1.95. The Hall–Kier alpha value is -1.81. The van der Waals surface area contributed by atoms with E-state index in [4.69, 9.17) is 0 Å². The summed E-state index contributed by atoms with van der Waals surface area (Å²) in [5.74, 6) is 0. The average Bonchev–Trinajstić information content (AvgIpc) is 2.48. The predicted octanol–water partition coefficient (Wildman–Crippen LogP) is 3.80. The summed E-state index contributed by atoms with van der Waals surface area (Å²) >= 11 is 3.46. The van der Waals surface area contributed by atoms with E-state index in [1.54, 1.807) is 0 Å². The van der Waals surface area contributed by atoms with E-state index < -0.39 is 0 Å². The standard InChI is InChI=1S/C17H19BrN2O/c1-13-6-8-14(9-7-13)10-11-19-17(21)20-12-15-4-2-3-5-16(15)18/h2-9H,10-12H2,1H3,(H2,19,20,21). The van der Waals surface area contributed by atoms with Crippen LogP contribution < -0.4 is 10.6 Å². The first-order chi connectivity index (χ1) is 10.1. The highest BCUT2D eigenvalue weighted by atomic mass is 79.9. The highest BCUT2D eigenvalue weighted by Gasteiger charge is 2.02. The number of carbonyl (C=O) groups excluding carboxylic acids is 1. The summed E-state index contributed by atoms with van der Waals surface area (Å²) in [5, 5.41) is 5.73. The Morgan fingerprint density at radius 2 is 1.76 bits per heavy atom. The number of halogens is 1. The summed E-state index contributed by atoms with van der Waals surface area (Å²) in [6.07, 6.45) is 0.836. The van der Waals surface area contributed by atoms with Crippen molar-refractivity contribution in [3.05, 3.63) is 69.7 Å². The number of amides is 2. The lowest BCUT2D eigenvalue weighted by molar-refractivity contribution is 0.240. The molecule has 0 unspecified atom stereocenters. The van der Waals surface area contributed by atoms with E-state index in [0.29, 0.717) is 13.1 Å². The third-order valence-electron chi connectivity index (χ3n) is 3.22. The number of rotatable bonds is 5. The summed E-state index contributed by atoms with van der Waals surface area (Å²) in [4.78, 5) is 11.7. The summed E-state index contributed by atoms with van der Waals surface area (Å²) in [5.41, 5.74) is 3.54. The van der Waals surface area contributed by atoms with E-state index in [2.05, 4.69) is 57.8 Å². The molecule has 0 bridgehead atoms. The lowest BCUT2D eigenvalue weighted by Crippen LogP contribution is -2.36. The molecule has 0 saturated carbocycles. The van der Waals surface area contributed by atoms with Gasteiger partial charge in [0.15, 0.2) is 0 Å². The Kier molecular flexibility index (Phi) is 5.81. The van der Waals surface area contributed by atoms with Gasteiger partial charge in [-0.3, -0.25) is 0 Å². The first kappa shape index (κ1) is 15.6. The van der Waals surface area contributed by atoms with E-state index >= 15 is 0 Å². The van der Waals surface area contributed by atoms with Crippen LogP contribution >= 0.6 is 15.9 Å². The summed E-state index contributed by atoms with van der Waals surface area (Å²) in [6, 6.07) is 16.1. The van der Waals surface area contributed by atoms with Gasteiger partial charge in [-0.2, -0.15) is 0 Å². The normalized spacial score (nSPS) is 10.2. The van der Waals surface area contributed by atoms with Gasteiger partial charge in [0.1, 0.15) is 0 Å². The highest BCUT2D eigenvalue weighted by Crippen LogP contribution is 2.15. The molecule has 2 aromatic rings. The molecule has 0 radical (unpaired) electrons.